The van der Waals surface area contributed by atoms with Gasteiger partial charge in [0.15, 0.2) is 5.78 Å². The van der Waals surface area contributed by atoms with E-state index in [-0.39, 0.29) is 11.7 Å². The van der Waals surface area contributed by atoms with Crippen molar-refractivity contribution in [2.24, 2.45) is 11.3 Å². The summed E-state index contributed by atoms with van der Waals surface area (Å²) in [6.07, 6.45) is 2.06. The Kier molecular flexibility index (Phi) is 5.84. The van der Waals surface area contributed by atoms with Crippen molar-refractivity contribution >= 4 is 17.4 Å². The Morgan fingerprint density at radius 1 is 1.36 bits per heavy atom. The number of ketones is 1. The topological polar surface area (TPSA) is 73.2 Å². The molecule has 1 fully saturated rings. The fraction of sp³-hybridized carbons (Fsp3) is 0.550. The van der Waals surface area contributed by atoms with E-state index in [0.717, 1.165) is 31.6 Å². The first kappa shape index (κ1) is 19.0. The van der Waals surface area contributed by atoms with Crippen LogP contribution in [0, 0.1) is 22.7 Å². The SMILES string of the molecule is CC(=O)c1ccc(C#N)c(N2CCCC(CNC(=O)C(C)(C)C)C2)c1. The molecule has 1 aromatic rings. The van der Waals surface area contributed by atoms with Crippen molar-refractivity contribution in [3.63, 3.8) is 0 Å². The van der Waals surface area contributed by atoms with Crippen molar-refractivity contribution in [1.29, 1.82) is 5.26 Å². The molecule has 0 saturated carbocycles. The number of benzene rings is 1. The molecule has 1 aliphatic rings. The van der Waals surface area contributed by atoms with Crippen molar-refractivity contribution in [3.8, 4) is 6.07 Å². The molecule has 25 heavy (non-hydrogen) atoms. The zero-order valence-corrected chi connectivity index (χ0v) is 15.6. The van der Waals surface area contributed by atoms with E-state index in [1.165, 1.54) is 6.92 Å². The lowest BCUT2D eigenvalue weighted by Crippen LogP contribution is -2.43. The van der Waals surface area contributed by atoms with Gasteiger partial charge in [-0.3, -0.25) is 9.59 Å². The maximum absolute atomic E-state index is 12.1. The quantitative estimate of drug-likeness (QED) is 0.854. The van der Waals surface area contributed by atoms with Gasteiger partial charge in [0.1, 0.15) is 6.07 Å². The first-order valence-corrected chi connectivity index (χ1v) is 8.80. The summed E-state index contributed by atoms with van der Waals surface area (Å²) in [7, 11) is 0. The molecular formula is C20H27N3O2. The molecule has 0 aliphatic carbocycles. The van der Waals surface area contributed by atoms with E-state index >= 15 is 0 Å². The van der Waals surface area contributed by atoms with E-state index in [9.17, 15) is 14.9 Å². The van der Waals surface area contributed by atoms with Crippen LogP contribution < -0.4 is 10.2 Å². The second-order valence-electron chi connectivity index (χ2n) is 7.81. The molecule has 0 spiro atoms. The number of nitriles is 1. The van der Waals surface area contributed by atoms with Crippen LogP contribution in [0.3, 0.4) is 0 Å². The Balaban J connectivity index is 2.11. The fourth-order valence-corrected chi connectivity index (χ4v) is 3.06. The molecule has 134 valence electrons. The molecule has 5 heteroatoms. The second-order valence-corrected chi connectivity index (χ2v) is 7.81. The Morgan fingerprint density at radius 3 is 2.68 bits per heavy atom. The highest BCUT2D eigenvalue weighted by Gasteiger charge is 2.25. The van der Waals surface area contributed by atoms with Crippen molar-refractivity contribution in [3.05, 3.63) is 29.3 Å². The summed E-state index contributed by atoms with van der Waals surface area (Å²) < 4.78 is 0. The maximum atomic E-state index is 12.1. The van der Waals surface area contributed by atoms with E-state index in [0.29, 0.717) is 23.6 Å². The molecule has 1 unspecified atom stereocenters. The first-order chi connectivity index (χ1) is 11.7. The van der Waals surface area contributed by atoms with Gasteiger partial charge >= 0.3 is 0 Å². The summed E-state index contributed by atoms with van der Waals surface area (Å²) in [4.78, 5) is 25.9. The molecule has 0 bridgehead atoms. The van der Waals surface area contributed by atoms with Gasteiger partial charge in [-0.25, -0.2) is 0 Å². The molecule has 1 aliphatic heterocycles. The molecule has 0 radical (unpaired) electrons. The molecule has 1 atom stereocenters. The predicted octanol–water partition coefficient (Wildman–Crippen LogP) is 3.14. The van der Waals surface area contributed by atoms with E-state index in [1.807, 2.05) is 26.8 Å². The van der Waals surface area contributed by atoms with Gasteiger partial charge in [0, 0.05) is 30.6 Å². The van der Waals surface area contributed by atoms with E-state index < -0.39 is 5.41 Å². The zero-order chi connectivity index (χ0) is 18.6. The molecule has 5 nitrogen and oxygen atoms in total. The van der Waals surface area contributed by atoms with Crippen LogP contribution in [-0.4, -0.2) is 31.3 Å². The normalized spacial score (nSPS) is 17.7. The summed E-state index contributed by atoms with van der Waals surface area (Å²) in [5.74, 6) is 0.394. The van der Waals surface area contributed by atoms with Crippen LogP contribution in [0.5, 0.6) is 0 Å². The van der Waals surface area contributed by atoms with Gasteiger partial charge in [-0.05, 0) is 43.9 Å². The van der Waals surface area contributed by atoms with Gasteiger partial charge in [0.05, 0.1) is 11.3 Å². The van der Waals surface area contributed by atoms with Gasteiger partial charge in [-0.15, -0.1) is 0 Å². The number of nitrogens with one attached hydrogen (secondary N) is 1. The lowest BCUT2D eigenvalue weighted by Gasteiger charge is -2.35. The van der Waals surface area contributed by atoms with Crippen LogP contribution in [-0.2, 0) is 4.79 Å². The number of anilines is 1. The highest BCUT2D eigenvalue weighted by Crippen LogP contribution is 2.27. The third kappa shape index (κ3) is 4.82. The van der Waals surface area contributed by atoms with Crippen LogP contribution >= 0.6 is 0 Å². The highest BCUT2D eigenvalue weighted by atomic mass is 16.2. The Hall–Kier alpha value is -2.35. The van der Waals surface area contributed by atoms with E-state index in [1.54, 1.807) is 12.1 Å². The number of carbonyl (C=O) groups excluding carboxylic acids is 2. The van der Waals surface area contributed by atoms with Crippen molar-refractivity contribution < 1.29 is 9.59 Å². The summed E-state index contributed by atoms with van der Waals surface area (Å²) in [6, 6.07) is 7.46. The maximum Gasteiger partial charge on any atom is 0.225 e. The smallest absolute Gasteiger partial charge is 0.225 e. The minimum atomic E-state index is -0.391. The summed E-state index contributed by atoms with van der Waals surface area (Å²) >= 11 is 0. The Morgan fingerprint density at radius 2 is 2.08 bits per heavy atom. The van der Waals surface area contributed by atoms with Crippen molar-refractivity contribution in [2.45, 2.75) is 40.5 Å². The Labute approximate surface area is 150 Å². The summed E-state index contributed by atoms with van der Waals surface area (Å²) in [6.45, 7) is 9.53. The molecule has 1 saturated heterocycles. The molecule has 1 N–H and O–H groups in total. The molecular weight excluding hydrogens is 314 g/mol. The number of carbonyl (C=O) groups is 2. The Bertz CT molecular complexity index is 698. The summed E-state index contributed by atoms with van der Waals surface area (Å²) in [5.41, 5.74) is 1.64. The van der Waals surface area contributed by atoms with Gasteiger partial charge < -0.3 is 10.2 Å². The van der Waals surface area contributed by atoms with Crippen molar-refractivity contribution in [1.82, 2.24) is 5.32 Å². The number of Topliss-reactive ketones (excluding diaryl/α,β-unsaturated/α-hetero) is 1. The molecule has 2 rings (SSSR count). The van der Waals surface area contributed by atoms with Crippen LogP contribution in [0.15, 0.2) is 18.2 Å². The van der Waals surface area contributed by atoms with Gasteiger partial charge in [-0.2, -0.15) is 5.26 Å². The number of piperidine rings is 1. The zero-order valence-electron chi connectivity index (χ0n) is 15.6. The van der Waals surface area contributed by atoms with Crippen LogP contribution in [0.2, 0.25) is 0 Å². The highest BCUT2D eigenvalue weighted by molar-refractivity contribution is 5.95. The van der Waals surface area contributed by atoms with E-state index in [4.69, 9.17) is 0 Å². The number of nitrogens with zero attached hydrogens (tertiary/aromatic N) is 2. The molecule has 1 heterocycles. The molecule has 0 aromatic heterocycles. The molecule has 1 aromatic carbocycles. The number of hydrogen-bond donors (Lipinski definition) is 1. The van der Waals surface area contributed by atoms with Crippen LogP contribution in [0.1, 0.15) is 56.5 Å². The van der Waals surface area contributed by atoms with Gasteiger partial charge in [0.2, 0.25) is 5.91 Å². The average molecular weight is 341 g/mol. The number of amides is 1. The van der Waals surface area contributed by atoms with Crippen LogP contribution in [0.4, 0.5) is 5.69 Å². The first-order valence-electron chi connectivity index (χ1n) is 8.80. The third-order valence-corrected chi connectivity index (χ3v) is 4.62. The standard InChI is InChI=1S/C20H27N3O2/c1-14(24)16-7-8-17(11-21)18(10-16)23-9-5-6-15(13-23)12-22-19(25)20(2,3)4/h7-8,10,15H,5-6,9,12-13H2,1-4H3,(H,22,25). The fourth-order valence-electron chi connectivity index (χ4n) is 3.06. The minimum Gasteiger partial charge on any atom is -0.370 e. The number of hydrogen-bond acceptors (Lipinski definition) is 4. The third-order valence-electron chi connectivity index (χ3n) is 4.62. The minimum absolute atomic E-state index is 0.00302. The average Bonchev–Trinajstić information content (AvgIpc) is 2.58. The largest absolute Gasteiger partial charge is 0.370 e. The predicted molar refractivity (Wildman–Crippen MR) is 98.6 cm³/mol. The second kappa shape index (κ2) is 7.69. The van der Waals surface area contributed by atoms with E-state index in [2.05, 4.69) is 16.3 Å². The summed E-state index contributed by atoms with van der Waals surface area (Å²) in [5, 5.41) is 12.4. The molecule has 1 amide bonds. The number of rotatable bonds is 4. The monoisotopic (exact) mass is 341 g/mol. The van der Waals surface area contributed by atoms with Crippen LogP contribution in [0.25, 0.3) is 0 Å². The van der Waals surface area contributed by atoms with Crippen molar-refractivity contribution in [2.75, 3.05) is 24.5 Å². The lowest BCUT2D eigenvalue weighted by molar-refractivity contribution is -0.128. The van der Waals surface area contributed by atoms with Gasteiger partial charge in [0.25, 0.3) is 0 Å². The van der Waals surface area contributed by atoms with Gasteiger partial charge in [-0.1, -0.05) is 20.8 Å². The lowest BCUT2D eigenvalue weighted by atomic mass is 9.93.